The summed E-state index contributed by atoms with van der Waals surface area (Å²) in [5.74, 6) is 0.0860. The number of nitrogens with one attached hydrogen (secondary N) is 2. The molecule has 0 aliphatic rings. The molecule has 0 aliphatic heterocycles. The number of allylic oxidation sites excluding steroid dienone is 1. The van der Waals surface area contributed by atoms with Crippen molar-refractivity contribution in [3.05, 3.63) is 42.5 Å². The van der Waals surface area contributed by atoms with Crippen LogP contribution in [-0.2, 0) is 4.79 Å². The largest absolute Gasteiger partial charge is 0.383 e. The van der Waals surface area contributed by atoms with Gasteiger partial charge in [0, 0.05) is 25.2 Å². The maximum atomic E-state index is 11.4. The predicted molar refractivity (Wildman–Crippen MR) is 72.0 cm³/mol. The van der Waals surface area contributed by atoms with Crippen molar-refractivity contribution in [2.75, 3.05) is 18.4 Å². The van der Waals surface area contributed by atoms with Crippen molar-refractivity contribution >= 4 is 11.6 Å². The third-order valence-electron chi connectivity index (χ3n) is 2.33. The molecule has 92 valence electrons. The average molecular weight is 232 g/mol. The standard InChI is InChI=1S/C14H20N2O/c1-12(2)8-9-14(17)16-11-10-15-13-6-4-3-5-7-13/h3-7,15H,1,8-11H2,2H3,(H,16,17). The second-order valence-corrected chi connectivity index (χ2v) is 4.10. The van der Waals surface area contributed by atoms with E-state index in [4.69, 9.17) is 0 Å². The van der Waals surface area contributed by atoms with E-state index in [1.54, 1.807) is 0 Å². The predicted octanol–water partition coefficient (Wildman–Crippen LogP) is 2.57. The minimum Gasteiger partial charge on any atom is -0.383 e. The molecule has 0 aromatic heterocycles. The molecular weight excluding hydrogens is 212 g/mol. The lowest BCUT2D eigenvalue weighted by atomic mass is 10.2. The molecule has 0 saturated heterocycles. The van der Waals surface area contributed by atoms with Gasteiger partial charge in [-0.15, -0.1) is 6.58 Å². The first-order valence-electron chi connectivity index (χ1n) is 5.88. The molecule has 1 amide bonds. The SMILES string of the molecule is C=C(C)CCC(=O)NCCNc1ccccc1. The third kappa shape index (κ3) is 6.40. The van der Waals surface area contributed by atoms with Crippen LogP contribution in [0.15, 0.2) is 42.5 Å². The Balaban J connectivity index is 2.08. The van der Waals surface area contributed by atoms with Gasteiger partial charge >= 0.3 is 0 Å². The van der Waals surface area contributed by atoms with Gasteiger partial charge in [-0.3, -0.25) is 4.79 Å². The second-order valence-electron chi connectivity index (χ2n) is 4.10. The number of carbonyl (C=O) groups is 1. The minimum atomic E-state index is 0.0860. The summed E-state index contributed by atoms with van der Waals surface area (Å²) < 4.78 is 0. The zero-order chi connectivity index (χ0) is 12.5. The average Bonchev–Trinajstić information content (AvgIpc) is 2.33. The molecule has 0 saturated carbocycles. The normalized spacial score (nSPS) is 9.71. The van der Waals surface area contributed by atoms with E-state index < -0.39 is 0 Å². The number of anilines is 1. The molecule has 0 aliphatic carbocycles. The lowest BCUT2D eigenvalue weighted by molar-refractivity contribution is -0.120. The van der Waals surface area contributed by atoms with Crippen molar-refractivity contribution in [2.24, 2.45) is 0 Å². The molecule has 0 spiro atoms. The van der Waals surface area contributed by atoms with Crippen LogP contribution in [0.5, 0.6) is 0 Å². The number of para-hydroxylation sites is 1. The van der Waals surface area contributed by atoms with Crippen LogP contribution in [0, 0.1) is 0 Å². The van der Waals surface area contributed by atoms with Crippen molar-refractivity contribution in [1.29, 1.82) is 0 Å². The van der Waals surface area contributed by atoms with Gasteiger partial charge < -0.3 is 10.6 Å². The Kier molecular flexibility index (Phi) is 5.86. The lowest BCUT2D eigenvalue weighted by Gasteiger charge is -2.07. The molecule has 0 radical (unpaired) electrons. The molecule has 3 heteroatoms. The highest BCUT2D eigenvalue weighted by molar-refractivity contribution is 5.76. The van der Waals surface area contributed by atoms with Gasteiger partial charge in [0.2, 0.25) is 5.91 Å². The Hall–Kier alpha value is -1.77. The number of rotatable bonds is 7. The summed E-state index contributed by atoms with van der Waals surface area (Å²) >= 11 is 0. The molecule has 2 N–H and O–H groups in total. The Morgan fingerprint density at radius 3 is 2.53 bits per heavy atom. The number of carbonyl (C=O) groups excluding carboxylic acids is 1. The fourth-order valence-electron chi connectivity index (χ4n) is 1.38. The van der Waals surface area contributed by atoms with Gasteiger partial charge in [-0.25, -0.2) is 0 Å². The molecule has 0 bridgehead atoms. The highest BCUT2D eigenvalue weighted by atomic mass is 16.1. The quantitative estimate of drug-likeness (QED) is 0.560. The Morgan fingerprint density at radius 1 is 1.18 bits per heavy atom. The van der Waals surface area contributed by atoms with Crippen molar-refractivity contribution in [3.63, 3.8) is 0 Å². The van der Waals surface area contributed by atoms with Gasteiger partial charge in [-0.05, 0) is 25.5 Å². The molecule has 0 heterocycles. The van der Waals surface area contributed by atoms with Crippen LogP contribution in [-0.4, -0.2) is 19.0 Å². The van der Waals surface area contributed by atoms with Crippen LogP contribution in [0.3, 0.4) is 0 Å². The van der Waals surface area contributed by atoms with Crippen molar-refractivity contribution < 1.29 is 4.79 Å². The van der Waals surface area contributed by atoms with Crippen LogP contribution >= 0.6 is 0 Å². The Labute approximate surface area is 103 Å². The number of amides is 1. The summed E-state index contributed by atoms with van der Waals surface area (Å²) in [5, 5.41) is 6.10. The molecule has 17 heavy (non-hydrogen) atoms. The van der Waals surface area contributed by atoms with Crippen molar-refractivity contribution in [1.82, 2.24) is 5.32 Å². The van der Waals surface area contributed by atoms with Gasteiger partial charge in [0.05, 0.1) is 0 Å². The highest BCUT2D eigenvalue weighted by Crippen LogP contribution is 2.03. The fraction of sp³-hybridized carbons (Fsp3) is 0.357. The topological polar surface area (TPSA) is 41.1 Å². The summed E-state index contributed by atoms with van der Waals surface area (Å²) in [6, 6.07) is 9.94. The highest BCUT2D eigenvalue weighted by Gasteiger charge is 1.99. The summed E-state index contributed by atoms with van der Waals surface area (Å²) in [6.45, 7) is 7.09. The Morgan fingerprint density at radius 2 is 1.88 bits per heavy atom. The number of hydrogen-bond donors (Lipinski definition) is 2. The second kappa shape index (κ2) is 7.49. The molecule has 1 aromatic rings. The van der Waals surface area contributed by atoms with Gasteiger partial charge in [0.1, 0.15) is 0 Å². The first kappa shape index (κ1) is 13.3. The van der Waals surface area contributed by atoms with Gasteiger partial charge in [0.15, 0.2) is 0 Å². The van der Waals surface area contributed by atoms with Crippen LogP contribution in [0.2, 0.25) is 0 Å². The lowest BCUT2D eigenvalue weighted by Crippen LogP contribution is -2.28. The number of hydrogen-bond acceptors (Lipinski definition) is 2. The van der Waals surface area contributed by atoms with E-state index in [1.165, 1.54) is 0 Å². The molecule has 0 atom stereocenters. The molecule has 1 aromatic carbocycles. The molecule has 0 fully saturated rings. The van der Waals surface area contributed by atoms with E-state index in [9.17, 15) is 4.79 Å². The fourth-order valence-corrected chi connectivity index (χ4v) is 1.38. The van der Waals surface area contributed by atoms with E-state index in [-0.39, 0.29) is 5.91 Å². The minimum absolute atomic E-state index is 0.0860. The van der Waals surface area contributed by atoms with E-state index in [1.807, 2.05) is 37.3 Å². The van der Waals surface area contributed by atoms with Crippen LogP contribution in [0.4, 0.5) is 5.69 Å². The van der Waals surface area contributed by atoms with Gasteiger partial charge in [0.25, 0.3) is 0 Å². The smallest absolute Gasteiger partial charge is 0.220 e. The van der Waals surface area contributed by atoms with Crippen LogP contribution in [0.25, 0.3) is 0 Å². The molecule has 0 unspecified atom stereocenters. The summed E-state index contributed by atoms with van der Waals surface area (Å²) in [7, 11) is 0. The van der Waals surface area contributed by atoms with Crippen LogP contribution < -0.4 is 10.6 Å². The maximum Gasteiger partial charge on any atom is 0.220 e. The zero-order valence-electron chi connectivity index (χ0n) is 10.3. The van der Waals surface area contributed by atoms with E-state index >= 15 is 0 Å². The first-order chi connectivity index (χ1) is 8.18. The monoisotopic (exact) mass is 232 g/mol. The van der Waals surface area contributed by atoms with E-state index in [0.717, 1.165) is 24.2 Å². The maximum absolute atomic E-state index is 11.4. The van der Waals surface area contributed by atoms with Crippen molar-refractivity contribution in [2.45, 2.75) is 19.8 Å². The van der Waals surface area contributed by atoms with Gasteiger partial charge in [-0.2, -0.15) is 0 Å². The van der Waals surface area contributed by atoms with Crippen LogP contribution in [0.1, 0.15) is 19.8 Å². The van der Waals surface area contributed by atoms with E-state index in [2.05, 4.69) is 17.2 Å². The summed E-state index contributed by atoms with van der Waals surface area (Å²) in [6.07, 6.45) is 1.29. The third-order valence-corrected chi connectivity index (χ3v) is 2.33. The molecule has 3 nitrogen and oxygen atoms in total. The van der Waals surface area contributed by atoms with Crippen molar-refractivity contribution in [3.8, 4) is 0 Å². The zero-order valence-corrected chi connectivity index (χ0v) is 10.3. The molecule has 1 rings (SSSR count). The number of benzene rings is 1. The Bertz CT molecular complexity index is 360. The summed E-state index contributed by atoms with van der Waals surface area (Å²) in [5.41, 5.74) is 2.12. The van der Waals surface area contributed by atoms with E-state index in [0.29, 0.717) is 13.0 Å². The molecular formula is C14H20N2O. The summed E-state index contributed by atoms with van der Waals surface area (Å²) in [4.78, 5) is 11.4. The van der Waals surface area contributed by atoms with Gasteiger partial charge in [-0.1, -0.05) is 23.8 Å². The first-order valence-corrected chi connectivity index (χ1v) is 5.88.